The molecule has 2 aliphatic heterocycles. The van der Waals surface area contributed by atoms with E-state index in [1.54, 1.807) is 0 Å². The lowest BCUT2D eigenvalue weighted by molar-refractivity contribution is -0.131. The molecule has 8 heteroatoms. The van der Waals surface area contributed by atoms with Crippen molar-refractivity contribution in [2.24, 2.45) is 0 Å². The first-order valence-electron chi connectivity index (χ1n) is 9.64. The predicted molar refractivity (Wildman–Crippen MR) is 107 cm³/mol. The molecule has 1 aromatic carbocycles. The molecular formula is C19H29N3O4S. The monoisotopic (exact) mass is 395 g/mol. The fourth-order valence-electron chi connectivity index (χ4n) is 3.71. The number of carbonyl (C=O) groups is 1. The van der Waals surface area contributed by atoms with Crippen LogP contribution < -0.4 is 9.21 Å². The van der Waals surface area contributed by atoms with Crippen LogP contribution in [-0.2, 0) is 19.6 Å². The number of benzene rings is 1. The molecular weight excluding hydrogens is 366 g/mol. The molecule has 0 aliphatic carbocycles. The molecule has 0 saturated carbocycles. The number of likely N-dealkylation sites (tertiary alicyclic amines) is 1. The number of para-hydroxylation sites is 2. The summed E-state index contributed by atoms with van der Waals surface area (Å²) in [6, 6.07) is 7.50. The minimum atomic E-state index is -3.50. The highest BCUT2D eigenvalue weighted by Gasteiger charge is 2.25. The zero-order valence-corrected chi connectivity index (χ0v) is 16.8. The summed E-state index contributed by atoms with van der Waals surface area (Å²) >= 11 is 0. The number of rotatable bonds is 6. The van der Waals surface area contributed by atoms with E-state index >= 15 is 0 Å². The first-order valence-corrected chi connectivity index (χ1v) is 11.5. The van der Waals surface area contributed by atoms with E-state index in [1.807, 2.05) is 29.2 Å². The highest BCUT2D eigenvalue weighted by molar-refractivity contribution is 7.92. The third-order valence-corrected chi connectivity index (χ3v) is 6.32. The number of ether oxygens (including phenoxy) is 1. The van der Waals surface area contributed by atoms with Gasteiger partial charge in [0.05, 0.1) is 30.8 Å². The van der Waals surface area contributed by atoms with Gasteiger partial charge in [0.15, 0.2) is 0 Å². The van der Waals surface area contributed by atoms with Gasteiger partial charge < -0.3 is 14.5 Å². The van der Waals surface area contributed by atoms with Crippen LogP contribution in [0.3, 0.4) is 0 Å². The minimum absolute atomic E-state index is 0.0344. The van der Waals surface area contributed by atoms with Gasteiger partial charge >= 0.3 is 0 Å². The Morgan fingerprint density at radius 3 is 2.41 bits per heavy atom. The smallest absolute Gasteiger partial charge is 0.232 e. The van der Waals surface area contributed by atoms with E-state index in [-0.39, 0.29) is 18.9 Å². The molecule has 0 unspecified atom stereocenters. The van der Waals surface area contributed by atoms with Gasteiger partial charge in [0.1, 0.15) is 0 Å². The van der Waals surface area contributed by atoms with E-state index in [0.29, 0.717) is 18.9 Å². The van der Waals surface area contributed by atoms with E-state index in [1.165, 1.54) is 10.6 Å². The van der Waals surface area contributed by atoms with Gasteiger partial charge in [-0.25, -0.2) is 8.42 Å². The van der Waals surface area contributed by atoms with Crippen LogP contribution in [0.25, 0.3) is 0 Å². The maximum absolute atomic E-state index is 12.5. The molecule has 2 heterocycles. The van der Waals surface area contributed by atoms with Crippen LogP contribution in [0, 0.1) is 0 Å². The van der Waals surface area contributed by atoms with Gasteiger partial charge in [-0.15, -0.1) is 0 Å². The fraction of sp³-hybridized carbons (Fsp3) is 0.632. The maximum Gasteiger partial charge on any atom is 0.232 e. The molecule has 0 radical (unpaired) electrons. The highest BCUT2D eigenvalue weighted by Crippen LogP contribution is 2.31. The normalized spacial score (nSPS) is 18.4. The molecule has 2 aliphatic rings. The lowest BCUT2D eigenvalue weighted by Crippen LogP contribution is -2.41. The standard InChI is InChI=1S/C19H29N3O4S/c1-27(24,25)22(12-9-19(23)21-10-5-2-6-11-21)18-8-4-3-7-17(18)20-13-15-26-16-14-20/h3-4,7-8H,2,5-6,9-16H2,1H3. The number of carbonyl (C=O) groups excluding carboxylic acids is 1. The van der Waals surface area contributed by atoms with Crippen LogP contribution >= 0.6 is 0 Å². The summed E-state index contributed by atoms with van der Waals surface area (Å²) in [7, 11) is -3.50. The van der Waals surface area contributed by atoms with Crippen molar-refractivity contribution in [1.29, 1.82) is 0 Å². The first-order chi connectivity index (χ1) is 13.0. The number of hydrogen-bond acceptors (Lipinski definition) is 5. The Morgan fingerprint density at radius 1 is 1.07 bits per heavy atom. The van der Waals surface area contributed by atoms with Crippen LogP contribution in [-0.4, -0.2) is 71.4 Å². The van der Waals surface area contributed by atoms with Crippen LogP contribution in [0.15, 0.2) is 24.3 Å². The summed E-state index contributed by atoms with van der Waals surface area (Å²) in [5.74, 6) is 0.0344. The van der Waals surface area contributed by atoms with E-state index < -0.39 is 10.0 Å². The van der Waals surface area contributed by atoms with Crippen molar-refractivity contribution in [3.8, 4) is 0 Å². The van der Waals surface area contributed by atoms with E-state index in [9.17, 15) is 13.2 Å². The molecule has 27 heavy (non-hydrogen) atoms. The van der Waals surface area contributed by atoms with E-state index in [2.05, 4.69) is 4.90 Å². The van der Waals surface area contributed by atoms with Crippen molar-refractivity contribution in [3.05, 3.63) is 24.3 Å². The van der Waals surface area contributed by atoms with Crippen LogP contribution in [0.5, 0.6) is 0 Å². The Labute approximate surface area is 161 Å². The van der Waals surface area contributed by atoms with Gasteiger partial charge in [0.2, 0.25) is 15.9 Å². The van der Waals surface area contributed by atoms with Gasteiger partial charge in [0.25, 0.3) is 0 Å². The zero-order chi connectivity index (χ0) is 19.3. The quantitative estimate of drug-likeness (QED) is 0.733. The van der Waals surface area contributed by atoms with Crippen LogP contribution in [0.4, 0.5) is 11.4 Å². The second-order valence-corrected chi connectivity index (χ2v) is 9.02. The molecule has 150 valence electrons. The van der Waals surface area contributed by atoms with Gasteiger partial charge in [-0.3, -0.25) is 9.10 Å². The number of piperidine rings is 1. The number of anilines is 2. The molecule has 0 spiro atoms. The van der Waals surface area contributed by atoms with E-state index in [0.717, 1.165) is 51.1 Å². The first kappa shape index (κ1) is 19.9. The molecule has 3 rings (SSSR count). The molecule has 1 amide bonds. The van der Waals surface area contributed by atoms with E-state index in [4.69, 9.17) is 4.74 Å². The molecule has 0 aromatic heterocycles. The number of sulfonamides is 1. The number of hydrogen-bond donors (Lipinski definition) is 0. The SMILES string of the molecule is CS(=O)(=O)N(CCC(=O)N1CCCCC1)c1ccccc1N1CCOCC1. The van der Waals surface area contributed by atoms with Crippen molar-refractivity contribution < 1.29 is 17.9 Å². The second-order valence-electron chi connectivity index (χ2n) is 7.11. The fourth-order valence-corrected chi connectivity index (χ4v) is 4.64. The molecule has 2 saturated heterocycles. The van der Waals surface area contributed by atoms with Crippen molar-refractivity contribution in [2.75, 3.05) is 61.4 Å². The molecule has 0 atom stereocenters. The van der Waals surface area contributed by atoms with Gasteiger partial charge in [-0.05, 0) is 31.4 Å². The molecule has 2 fully saturated rings. The van der Waals surface area contributed by atoms with Gasteiger partial charge in [-0.1, -0.05) is 12.1 Å². The topological polar surface area (TPSA) is 70.2 Å². The van der Waals surface area contributed by atoms with Crippen molar-refractivity contribution >= 4 is 27.3 Å². The van der Waals surface area contributed by atoms with Crippen molar-refractivity contribution in [3.63, 3.8) is 0 Å². The van der Waals surface area contributed by atoms with Gasteiger partial charge in [-0.2, -0.15) is 0 Å². The largest absolute Gasteiger partial charge is 0.378 e. The second kappa shape index (κ2) is 8.93. The highest BCUT2D eigenvalue weighted by atomic mass is 32.2. The Morgan fingerprint density at radius 2 is 1.74 bits per heavy atom. The maximum atomic E-state index is 12.5. The lowest BCUT2D eigenvalue weighted by Gasteiger charge is -2.34. The zero-order valence-electron chi connectivity index (χ0n) is 16.0. The summed E-state index contributed by atoms with van der Waals surface area (Å²) in [6.45, 7) is 4.42. The number of morpholine rings is 1. The molecule has 0 N–H and O–H groups in total. The summed E-state index contributed by atoms with van der Waals surface area (Å²) in [5, 5.41) is 0. The Kier molecular flexibility index (Phi) is 6.59. The van der Waals surface area contributed by atoms with Crippen molar-refractivity contribution in [1.82, 2.24) is 4.90 Å². The predicted octanol–water partition coefficient (Wildman–Crippen LogP) is 1.69. The summed E-state index contributed by atoms with van der Waals surface area (Å²) < 4.78 is 31.8. The lowest BCUT2D eigenvalue weighted by atomic mass is 10.1. The minimum Gasteiger partial charge on any atom is -0.378 e. The number of amides is 1. The average Bonchev–Trinajstić information content (AvgIpc) is 2.69. The molecule has 7 nitrogen and oxygen atoms in total. The molecule has 0 bridgehead atoms. The van der Waals surface area contributed by atoms with Gasteiger partial charge in [0, 0.05) is 39.1 Å². The third kappa shape index (κ3) is 5.13. The number of nitrogens with zero attached hydrogens (tertiary/aromatic N) is 3. The van der Waals surface area contributed by atoms with Crippen LogP contribution in [0.2, 0.25) is 0 Å². The summed E-state index contributed by atoms with van der Waals surface area (Å²) in [6.07, 6.45) is 4.62. The Balaban J connectivity index is 1.78. The molecule has 1 aromatic rings. The third-order valence-electron chi connectivity index (χ3n) is 5.14. The van der Waals surface area contributed by atoms with Crippen LogP contribution in [0.1, 0.15) is 25.7 Å². The summed E-state index contributed by atoms with van der Waals surface area (Å²) in [4.78, 5) is 16.5. The summed E-state index contributed by atoms with van der Waals surface area (Å²) in [5.41, 5.74) is 1.50. The Bertz CT molecular complexity index is 741. The Hall–Kier alpha value is -1.80. The average molecular weight is 396 g/mol. The van der Waals surface area contributed by atoms with Crippen molar-refractivity contribution in [2.45, 2.75) is 25.7 Å².